The molecule has 0 atom stereocenters. The number of nitrogens with zero attached hydrogens (tertiary/aromatic N) is 6. The first-order valence-corrected chi connectivity index (χ1v) is 7.89. The van der Waals surface area contributed by atoms with Gasteiger partial charge in [-0.05, 0) is 28.1 Å². The van der Waals surface area contributed by atoms with E-state index in [-0.39, 0.29) is 12.3 Å². The quantitative estimate of drug-likeness (QED) is 0.766. The van der Waals surface area contributed by atoms with Gasteiger partial charge in [0.2, 0.25) is 11.0 Å². The normalized spacial score (nSPS) is 10.9. The molecule has 0 saturated heterocycles. The first kappa shape index (κ1) is 15.2. The van der Waals surface area contributed by atoms with E-state index in [0.29, 0.717) is 11.0 Å². The Bertz CT molecular complexity index is 780. The van der Waals surface area contributed by atoms with E-state index < -0.39 is 0 Å². The van der Waals surface area contributed by atoms with E-state index in [2.05, 4.69) is 31.0 Å². The second-order valence-electron chi connectivity index (χ2n) is 5.25. The highest BCUT2D eigenvalue weighted by Gasteiger charge is 2.11. The zero-order valence-corrected chi connectivity index (χ0v) is 13.5. The highest BCUT2D eigenvalue weighted by Crippen LogP contribution is 2.22. The summed E-state index contributed by atoms with van der Waals surface area (Å²) in [6.45, 7) is 4.08. The van der Waals surface area contributed by atoms with E-state index in [4.69, 9.17) is 0 Å². The molecule has 23 heavy (non-hydrogen) atoms. The minimum absolute atomic E-state index is 0.119. The summed E-state index contributed by atoms with van der Waals surface area (Å²) in [7, 11) is 0. The fraction of sp³-hybridized carbons (Fsp3) is 0.286. The van der Waals surface area contributed by atoms with Crippen molar-refractivity contribution in [2.45, 2.75) is 26.2 Å². The number of carbonyl (C=O) groups is 1. The lowest BCUT2D eigenvalue weighted by Crippen LogP contribution is -2.14. The predicted molar refractivity (Wildman–Crippen MR) is 85.5 cm³/mol. The van der Waals surface area contributed by atoms with Gasteiger partial charge in [-0.2, -0.15) is 0 Å². The number of rotatable bonds is 5. The van der Waals surface area contributed by atoms with Gasteiger partial charge in [-0.1, -0.05) is 37.3 Å². The van der Waals surface area contributed by atoms with Crippen LogP contribution >= 0.6 is 11.3 Å². The van der Waals surface area contributed by atoms with Gasteiger partial charge < -0.3 is 5.32 Å². The Morgan fingerprint density at radius 3 is 2.65 bits per heavy atom. The van der Waals surface area contributed by atoms with Crippen LogP contribution in [0.1, 0.15) is 30.3 Å². The first-order chi connectivity index (χ1) is 11.1. The van der Waals surface area contributed by atoms with Gasteiger partial charge >= 0.3 is 0 Å². The Balaban J connectivity index is 1.61. The van der Waals surface area contributed by atoms with Gasteiger partial charge in [0.1, 0.15) is 11.3 Å². The van der Waals surface area contributed by atoms with Crippen molar-refractivity contribution in [2.24, 2.45) is 0 Å². The Morgan fingerprint density at radius 1 is 1.26 bits per heavy atom. The lowest BCUT2D eigenvalue weighted by Gasteiger charge is -2.03. The Hall–Kier alpha value is -2.68. The van der Waals surface area contributed by atoms with Crippen molar-refractivity contribution in [3.63, 3.8) is 0 Å². The third kappa shape index (κ3) is 3.75. The molecule has 0 spiro atoms. The van der Waals surface area contributed by atoms with E-state index in [9.17, 15) is 4.79 Å². The Morgan fingerprint density at radius 2 is 2.04 bits per heavy atom. The number of carbonyl (C=O) groups excluding carboxylic acids is 1. The molecule has 0 fully saturated rings. The maximum Gasteiger partial charge on any atom is 0.230 e. The van der Waals surface area contributed by atoms with Crippen molar-refractivity contribution in [2.75, 3.05) is 5.32 Å². The van der Waals surface area contributed by atoms with Crippen LogP contribution in [-0.2, 0) is 11.2 Å². The summed E-state index contributed by atoms with van der Waals surface area (Å²) in [6, 6.07) is 7.47. The third-order valence-corrected chi connectivity index (χ3v) is 4.23. The molecule has 0 aliphatic heterocycles. The molecule has 2 heterocycles. The summed E-state index contributed by atoms with van der Waals surface area (Å²) < 4.78 is 1.55. The SMILES string of the molecule is CC(C)c1nnc(NC(=O)Cc2ccc(-n3cnnn3)cc2)s1. The van der Waals surface area contributed by atoms with E-state index in [1.54, 1.807) is 4.68 Å². The summed E-state index contributed by atoms with van der Waals surface area (Å²) >= 11 is 1.40. The Kier molecular flexibility index (Phi) is 4.38. The number of aromatic nitrogens is 6. The molecule has 0 aliphatic carbocycles. The molecule has 0 unspecified atom stereocenters. The minimum Gasteiger partial charge on any atom is -0.300 e. The highest BCUT2D eigenvalue weighted by molar-refractivity contribution is 7.15. The van der Waals surface area contributed by atoms with Crippen LogP contribution in [0.4, 0.5) is 5.13 Å². The maximum atomic E-state index is 12.1. The summed E-state index contributed by atoms with van der Waals surface area (Å²) in [4.78, 5) is 12.1. The lowest BCUT2D eigenvalue weighted by molar-refractivity contribution is -0.115. The number of nitrogens with one attached hydrogen (secondary N) is 1. The highest BCUT2D eigenvalue weighted by atomic mass is 32.1. The van der Waals surface area contributed by atoms with Crippen molar-refractivity contribution >= 4 is 22.4 Å². The zero-order valence-electron chi connectivity index (χ0n) is 12.7. The lowest BCUT2D eigenvalue weighted by atomic mass is 10.1. The second kappa shape index (κ2) is 6.61. The molecule has 118 valence electrons. The molecule has 0 aliphatic rings. The van der Waals surface area contributed by atoms with Crippen LogP contribution in [0.2, 0.25) is 0 Å². The predicted octanol–water partition coefficient (Wildman–Crippen LogP) is 1.82. The smallest absolute Gasteiger partial charge is 0.230 e. The zero-order chi connectivity index (χ0) is 16.2. The monoisotopic (exact) mass is 329 g/mol. The van der Waals surface area contributed by atoms with Gasteiger partial charge in [-0.15, -0.1) is 15.3 Å². The largest absolute Gasteiger partial charge is 0.300 e. The molecule has 1 amide bonds. The van der Waals surface area contributed by atoms with Crippen molar-refractivity contribution < 1.29 is 4.79 Å². The number of hydrogen-bond acceptors (Lipinski definition) is 7. The Labute approximate surface area is 136 Å². The molecule has 3 rings (SSSR count). The molecule has 8 nitrogen and oxygen atoms in total. The van der Waals surface area contributed by atoms with E-state index in [1.165, 1.54) is 17.7 Å². The van der Waals surface area contributed by atoms with Crippen LogP contribution in [0.25, 0.3) is 5.69 Å². The fourth-order valence-corrected chi connectivity index (χ4v) is 2.68. The number of amides is 1. The molecule has 3 aromatic rings. The second-order valence-corrected chi connectivity index (χ2v) is 6.26. The number of hydrogen-bond donors (Lipinski definition) is 1. The molecule has 0 bridgehead atoms. The number of anilines is 1. The van der Waals surface area contributed by atoms with E-state index in [1.807, 2.05) is 38.1 Å². The fourth-order valence-electron chi connectivity index (χ4n) is 1.91. The molecular weight excluding hydrogens is 314 g/mol. The van der Waals surface area contributed by atoms with Crippen LogP contribution in [-0.4, -0.2) is 36.3 Å². The topological polar surface area (TPSA) is 98.5 Å². The van der Waals surface area contributed by atoms with Gasteiger partial charge in [0.15, 0.2) is 0 Å². The van der Waals surface area contributed by atoms with Gasteiger partial charge in [-0.3, -0.25) is 4.79 Å². The molecule has 0 saturated carbocycles. The molecule has 2 aromatic heterocycles. The first-order valence-electron chi connectivity index (χ1n) is 7.07. The van der Waals surface area contributed by atoms with E-state index >= 15 is 0 Å². The molecule has 0 radical (unpaired) electrons. The average Bonchev–Trinajstić information content (AvgIpc) is 3.19. The van der Waals surface area contributed by atoms with Gasteiger partial charge in [0.25, 0.3) is 0 Å². The van der Waals surface area contributed by atoms with Crippen molar-refractivity contribution in [3.05, 3.63) is 41.2 Å². The van der Waals surface area contributed by atoms with Crippen LogP contribution < -0.4 is 5.32 Å². The summed E-state index contributed by atoms with van der Waals surface area (Å²) in [5.41, 5.74) is 1.73. The average molecular weight is 329 g/mol. The minimum atomic E-state index is -0.119. The maximum absolute atomic E-state index is 12.1. The summed E-state index contributed by atoms with van der Waals surface area (Å²) in [5, 5.41) is 23.2. The van der Waals surface area contributed by atoms with E-state index in [0.717, 1.165) is 16.3 Å². The summed E-state index contributed by atoms with van der Waals surface area (Å²) in [6.07, 6.45) is 1.79. The van der Waals surface area contributed by atoms with Crippen LogP contribution in [0, 0.1) is 0 Å². The van der Waals surface area contributed by atoms with Crippen LogP contribution in [0.15, 0.2) is 30.6 Å². The molecular formula is C14H15N7OS. The molecule has 1 aromatic carbocycles. The molecule has 9 heteroatoms. The van der Waals surface area contributed by atoms with Gasteiger partial charge in [-0.25, -0.2) is 4.68 Å². The standard InChI is InChI=1S/C14H15N7OS/c1-9(2)13-17-18-14(23-13)16-12(22)7-10-3-5-11(6-4-10)21-8-15-19-20-21/h3-6,8-9H,7H2,1-2H3,(H,16,18,22). The van der Waals surface area contributed by atoms with Crippen LogP contribution in [0.3, 0.4) is 0 Å². The number of tetrazole rings is 1. The van der Waals surface area contributed by atoms with Crippen LogP contribution in [0.5, 0.6) is 0 Å². The van der Waals surface area contributed by atoms with Gasteiger partial charge in [0, 0.05) is 5.92 Å². The third-order valence-electron chi connectivity index (χ3n) is 3.10. The number of benzene rings is 1. The van der Waals surface area contributed by atoms with Crippen molar-refractivity contribution in [3.8, 4) is 5.69 Å². The molecule has 1 N–H and O–H groups in total. The summed E-state index contributed by atoms with van der Waals surface area (Å²) in [5.74, 6) is 0.184. The van der Waals surface area contributed by atoms with Crippen molar-refractivity contribution in [1.29, 1.82) is 0 Å². The van der Waals surface area contributed by atoms with Crippen molar-refractivity contribution in [1.82, 2.24) is 30.4 Å². The van der Waals surface area contributed by atoms with Gasteiger partial charge in [0.05, 0.1) is 12.1 Å².